The van der Waals surface area contributed by atoms with E-state index in [1.54, 1.807) is 0 Å². The lowest BCUT2D eigenvalue weighted by molar-refractivity contribution is 1.18. The van der Waals surface area contributed by atoms with Gasteiger partial charge in [0.2, 0.25) is 0 Å². The zero-order chi connectivity index (χ0) is 88.0. The summed E-state index contributed by atoms with van der Waals surface area (Å²) in [6.45, 7) is 0. The minimum atomic E-state index is 1.17. The van der Waals surface area contributed by atoms with Crippen LogP contribution in [0.3, 0.4) is 0 Å². The third-order valence-electron chi connectivity index (χ3n) is 28.0. The van der Waals surface area contributed by atoms with Crippen LogP contribution in [0.4, 0.5) is 0 Å². The van der Waals surface area contributed by atoms with Crippen LogP contribution in [0, 0.1) is 0 Å². The number of fused-ring (bicyclic) bond motifs is 24. The number of benzene rings is 23. The topological polar surface area (TPSA) is 29.6 Å². The van der Waals surface area contributed by atoms with Gasteiger partial charge in [0.15, 0.2) is 0 Å². The molecule has 0 saturated heterocycles. The van der Waals surface area contributed by atoms with E-state index in [4.69, 9.17) is 0 Å². The molecule has 0 bridgehead atoms. The molecule has 0 unspecified atom stereocenters. The van der Waals surface area contributed by atoms with Gasteiger partial charge in [-0.3, -0.25) is 0 Å². The van der Waals surface area contributed by atoms with Crippen molar-refractivity contribution in [3.8, 4) is 67.5 Å². The van der Waals surface area contributed by atoms with Crippen molar-refractivity contribution in [2.24, 2.45) is 0 Å². The fourth-order valence-electron chi connectivity index (χ4n) is 22.3. The third kappa shape index (κ3) is 12.0. The minimum Gasteiger partial charge on any atom is -0.309 e. The first kappa shape index (κ1) is 76.2. The van der Waals surface area contributed by atoms with Crippen LogP contribution in [0.25, 0.3) is 252 Å². The van der Waals surface area contributed by atoms with E-state index in [0.717, 1.165) is 0 Å². The van der Waals surface area contributed by atoms with Gasteiger partial charge in [-0.15, -0.1) is 0 Å². The summed E-state index contributed by atoms with van der Waals surface area (Å²) >= 11 is 0. The van der Waals surface area contributed by atoms with Crippen molar-refractivity contribution in [2.75, 3.05) is 0 Å². The molecule has 6 heterocycles. The maximum atomic E-state index is 2.49. The molecule has 0 aliphatic rings. The van der Waals surface area contributed by atoms with Crippen LogP contribution in [0.15, 0.2) is 497 Å². The highest BCUT2D eigenvalue weighted by Gasteiger charge is 2.26. The molecule has 624 valence electrons. The van der Waals surface area contributed by atoms with E-state index in [-0.39, 0.29) is 0 Å². The first-order valence-corrected chi connectivity index (χ1v) is 46.2. The van der Waals surface area contributed by atoms with Crippen molar-refractivity contribution in [2.45, 2.75) is 0 Å². The van der Waals surface area contributed by atoms with Crippen molar-refractivity contribution in [3.05, 3.63) is 497 Å². The average Bonchev–Trinajstić information content (AvgIpc) is 1.53. The van der Waals surface area contributed by atoms with Gasteiger partial charge in [-0.05, 0) is 188 Å². The SMILES string of the molecule is c1ccc(-n2c3ccccc3c3cccc(-c4ccc5c(c4)c4ccccc4n5-c4c5ccccc5cc5ccccc45)c32)cc1.c1ccc(-n2c3ccccc3c3cccc(-c4ccc5c(c4)c4ccccc4n5-c4cc5ccccc5c5ccccc45)c32)cc1.c1ccc(-n2c3ccccc3c3cccc(-c4ccc5c(c4)c4ccccc4n5-c4ccc5ccccc5c4)c32)cc1. The fraction of sp³-hybridized carbons (Fsp3) is 0. The van der Waals surface area contributed by atoms with Gasteiger partial charge in [0, 0.05) is 120 Å². The number of para-hydroxylation sites is 12. The Bertz CT molecular complexity index is 9770. The lowest BCUT2D eigenvalue weighted by atomic mass is 9.99. The van der Waals surface area contributed by atoms with Gasteiger partial charge < -0.3 is 27.4 Å². The maximum absolute atomic E-state index is 2.49. The monoisotopic (exact) mass is 1700 g/mol. The second-order valence-corrected chi connectivity index (χ2v) is 35.3. The first-order chi connectivity index (χ1) is 66.5. The number of rotatable bonds is 9. The minimum absolute atomic E-state index is 1.17. The Labute approximate surface area is 771 Å². The van der Waals surface area contributed by atoms with Crippen LogP contribution >= 0.6 is 0 Å². The molecule has 0 atom stereocenters. The van der Waals surface area contributed by atoms with E-state index in [9.17, 15) is 0 Å². The largest absolute Gasteiger partial charge is 0.309 e. The van der Waals surface area contributed by atoms with Crippen LogP contribution in [-0.4, -0.2) is 27.4 Å². The summed E-state index contributed by atoms with van der Waals surface area (Å²) in [5.41, 5.74) is 29.1. The number of hydrogen-bond donors (Lipinski definition) is 0. The number of nitrogens with zero attached hydrogens (tertiary/aromatic N) is 6. The van der Waals surface area contributed by atoms with Gasteiger partial charge in [-0.25, -0.2) is 0 Å². The van der Waals surface area contributed by atoms with E-state index >= 15 is 0 Å². The lowest BCUT2D eigenvalue weighted by Crippen LogP contribution is -1.97. The lowest BCUT2D eigenvalue weighted by Gasteiger charge is -2.16. The molecule has 0 amide bonds. The zero-order valence-electron chi connectivity index (χ0n) is 73.0. The van der Waals surface area contributed by atoms with Crippen LogP contribution in [-0.2, 0) is 0 Å². The molecule has 6 heteroatoms. The van der Waals surface area contributed by atoms with Gasteiger partial charge in [0.05, 0.1) is 77.6 Å². The third-order valence-corrected chi connectivity index (χ3v) is 28.0. The molecule has 0 spiro atoms. The highest BCUT2D eigenvalue weighted by atomic mass is 15.0. The smallest absolute Gasteiger partial charge is 0.0619 e. The van der Waals surface area contributed by atoms with Crippen molar-refractivity contribution in [1.29, 1.82) is 0 Å². The summed E-state index contributed by atoms with van der Waals surface area (Å²) in [6, 6.07) is 181. The van der Waals surface area contributed by atoms with Crippen LogP contribution in [0.5, 0.6) is 0 Å². The summed E-state index contributed by atoms with van der Waals surface area (Å²) in [6.07, 6.45) is 0. The molecular formula is C128H82N6. The molecule has 29 aromatic rings. The molecule has 0 aliphatic carbocycles. The Balaban J connectivity index is 0.000000102. The molecule has 29 rings (SSSR count). The predicted octanol–water partition coefficient (Wildman–Crippen LogP) is 34.4. The summed E-state index contributed by atoms with van der Waals surface area (Å²) in [7, 11) is 0. The first-order valence-electron chi connectivity index (χ1n) is 46.2. The van der Waals surface area contributed by atoms with Crippen molar-refractivity contribution < 1.29 is 0 Å². The van der Waals surface area contributed by atoms with E-state index < -0.39 is 0 Å². The summed E-state index contributed by atoms with van der Waals surface area (Å²) < 4.78 is 14.6. The Morgan fingerprint density at radius 3 is 0.821 bits per heavy atom. The quantitative estimate of drug-likeness (QED) is 0.102. The van der Waals surface area contributed by atoms with Crippen LogP contribution in [0.1, 0.15) is 0 Å². The van der Waals surface area contributed by atoms with Crippen LogP contribution in [0.2, 0.25) is 0 Å². The number of hydrogen-bond acceptors (Lipinski definition) is 0. The highest BCUT2D eigenvalue weighted by Crippen LogP contribution is 2.48. The predicted molar refractivity (Wildman–Crippen MR) is 569 cm³/mol. The summed E-state index contributed by atoms with van der Waals surface area (Å²) in [5, 5.41) is 27.7. The summed E-state index contributed by atoms with van der Waals surface area (Å²) in [5.74, 6) is 0. The Morgan fingerprint density at radius 2 is 0.403 bits per heavy atom. The molecular weight excluding hydrogens is 1620 g/mol. The molecule has 0 saturated carbocycles. The molecule has 0 fully saturated rings. The molecule has 0 aliphatic heterocycles. The maximum Gasteiger partial charge on any atom is 0.0619 e. The standard InChI is InChI=1S/2C44H28N2.C40H26N2/c1-2-15-32(16-3-1)45-40-23-10-8-19-36(40)38-22-12-21-35(44(38)45)31-25-26-42-39(28-31)37-20-9-11-24-41(37)46(42)43-33-17-6-4-13-29(33)27-30-14-5-7-18-34(30)43;1-2-14-31(15-3-1)45-40-23-10-8-19-36(40)38-22-12-21-33(44(38)45)30-25-26-42-39(27-30)37-20-9-11-24-41(37)46(42)43-28-29-13-4-5-16-32(29)34-17-6-7-18-35(34)43;1-2-13-30(14-3-1)42-38-20-9-6-15-33(38)35-18-10-17-32(40(35)42)29-22-24-39-36(26-29)34-16-7-8-19-37(34)41(39)31-23-21-27-11-4-5-12-28(27)25-31/h2*1-28H;1-26H. The second kappa shape index (κ2) is 31.0. The van der Waals surface area contributed by atoms with Gasteiger partial charge in [0.1, 0.15) is 0 Å². The molecule has 23 aromatic carbocycles. The highest BCUT2D eigenvalue weighted by molar-refractivity contribution is 6.22. The molecule has 6 aromatic heterocycles. The van der Waals surface area contributed by atoms with E-state index in [2.05, 4.69) is 525 Å². The second-order valence-electron chi connectivity index (χ2n) is 35.3. The van der Waals surface area contributed by atoms with Gasteiger partial charge in [-0.1, -0.05) is 364 Å². The van der Waals surface area contributed by atoms with E-state index in [0.29, 0.717) is 0 Å². The Kier molecular flexibility index (Phi) is 17.6. The van der Waals surface area contributed by atoms with Gasteiger partial charge >= 0.3 is 0 Å². The average molecular weight is 1700 g/mol. The van der Waals surface area contributed by atoms with Crippen molar-refractivity contribution in [1.82, 2.24) is 27.4 Å². The fourth-order valence-corrected chi connectivity index (χ4v) is 22.3. The Morgan fingerprint density at radius 1 is 0.119 bits per heavy atom. The van der Waals surface area contributed by atoms with Crippen LogP contribution < -0.4 is 0 Å². The van der Waals surface area contributed by atoms with Gasteiger partial charge in [-0.2, -0.15) is 0 Å². The van der Waals surface area contributed by atoms with Crippen molar-refractivity contribution in [3.63, 3.8) is 0 Å². The Hall–Kier alpha value is -17.8. The molecule has 0 radical (unpaired) electrons. The van der Waals surface area contributed by atoms with Gasteiger partial charge in [0.25, 0.3) is 0 Å². The molecule has 0 N–H and O–H groups in total. The number of aromatic nitrogens is 6. The summed E-state index contributed by atoms with van der Waals surface area (Å²) in [4.78, 5) is 0. The normalized spacial score (nSPS) is 11.9. The van der Waals surface area contributed by atoms with E-state index in [1.165, 1.54) is 252 Å². The van der Waals surface area contributed by atoms with E-state index in [1.807, 2.05) is 0 Å². The van der Waals surface area contributed by atoms with Crippen molar-refractivity contribution >= 4 is 185 Å². The molecule has 6 nitrogen and oxygen atoms in total. The zero-order valence-corrected chi connectivity index (χ0v) is 73.0. The molecule has 134 heavy (non-hydrogen) atoms.